The van der Waals surface area contributed by atoms with E-state index < -0.39 is 5.97 Å². The Kier molecular flexibility index (Phi) is 3.55. The zero-order valence-corrected chi connectivity index (χ0v) is 9.47. The third-order valence-electron chi connectivity index (χ3n) is 2.61. The molecule has 0 aliphatic rings. The molecule has 0 atom stereocenters. The standard InChI is InChI=1S/C15H14O2/c16-15(17)8-4-1-5-12-9-10-13-6-2-3-7-14(13)11-12/h1-3,5-7,9-11H,4,8H2,(H,16,17). The second-order valence-corrected chi connectivity index (χ2v) is 3.94. The quantitative estimate of drug-likeness (QED) is 0.862. The van der Waals surface area contributed by atoms with Crippen LogP contribution in [0.1, 0.15) is 18.4 Å². The summed E-state index contributed by atoms with van der Waals surface area (Å²) in [5.74, 6) is -0.756. The first-order valence-corrected chi connectivity index (χ1v) is 5.63. The third kappa shape index (κ3) is 3.18. The molecule has 2 aromatic rings. The Morgan fingerprint density at radius 3 is 2.65 bits per heavy atom. The van der Waals surface area contributed by atoms with E-state index in [9.17, 15) is 4.79 Å². The van der Waals surface area contributed by atoms with Crippen molar-refractivity contribution in [2.75, 3.05) is 0 Å². The predicted octanol–water partition coefficient (Wildman–Crippen LogP) is 3.72. The van der Waals surface area contributed by atoms with E-state index in [1.807, 2.05) is 30.4 Å². The molecule has 2 aromatic carbocycles. The van der Waals surface area contributed by atoms with Crippen molar-refractivity contribution in [2.45, 2.75) is 12.8 Å². The van der Waals surface area contributed by atoms with Gasteiger partial charge in [0.1, 0.15) is 0 Å². The van der Waals surface area contributed by atoms with Gasteiger partial charge in [-0.15, -0.1) is 0 Å². The second-order valence-electron chi connectivity index (χ2n) is 3.94. The van der Waals surface area contributed by atoms with Crippen LogP contribution in [-0.4, -0.2) is 11.1 Å². The van der Waals surface area contributed by atoms with E-state index in [2.05, 4.69) is 24.3 Å². The third-order valence-corrected chi connectivity index (χ3v) is 2.61. The van der Waals surface area contributed by atoms with Gasteiger partial charge in [0.25, 0.3) is 0 Å². The van der Waals surface area contributed by atoms with Crippen LogP contribution in [0, 0.1) is 0 Å². The minimum atomic E-state index is -0.756. The van der Waals surface area contributed by atoms with E-state index in [1.54, 1.807) is 0 Å². The molecule has 0 bridgehead atoms. The molecule has 0 aliphatic carbocycles. The van der Waals surface area contributed by atoms with Gasteiger partial charge in [0.15, 0.2) is 0 Å². The molecule has 0 amide bonds. The van der Waals surface area contributed by atoms with Crippen molar-refractivity contribution < 1.29 is 9.90 Å². The van der Waals surface area contributed by atoms with Crippen molar-refractivity contribution in [3.63, 3.8) is 0 Å². The summed E-state index contributed by atoms with van der Waals surface area (Å²) in [7, 11) is 0. The minimum absolute atomic E-state index is 0.185. The summed E-state index contributed by atoms with van der Waals surface area (Å²) in [5.41, 5.74) is 1.11. The lowest BCUT2D eigenvalue weighted by molar-refractivity contribution is -0.136. The van der Waals surface area contributed by atoms with Crippen LogP contribution in [0.5, 0.6) is 0 Å². The summed E-state index contributed by atoms with van der Waals surface area (Å²) in [6, 6.07) is 14.4. The van der Waals surface area contributed by atoms with Crippen LogP contribution in [0.3, 0.4) is 0 Å². The van der Waals surface area contributed by atoms with E-state index in [0.717, 1.165) is 5.56 Å². The van der Waals surface area contributed by atoms with Gasteiger partial charge in [0.2, 0.25) is 0 Å². The number of aliphatic carboxylic acids is 1. The Balaban J connectivity index is 2.11. The van der Waals surface area contributed by atoms with E-state index >= 15 is 0 Å². The van der Waals surface area contributed by atoms with Crippen molar-refractivity contribution in [3.8, 4) is 0 Å². The molecule has 0 spiro atoms. The van der Waals surface area contributed by atoms with Gasteiger partial charge in [-0.05, 0) is 28.8 Å². The Labute approximate surface area is 100 Å². The maximum atomic E-state index is 10.4. The van der Waals surface area contributed by atoms with Crippen molar-refractivity contribution in [3.05, 3.63) is 54.1 Å². The van der Waals surface area contributed by atoms with Crippen LogP contribution in [0.25, 0.3) is 16.8 Å². The van der Waals surface area contributed by atoms with Crippen LogP contribution >= 0.6 is 0 Å². The fraction of sp³-hybridized carbons (Fsp3) is 0.133. The van der Waals surface area contributed by atoms with E-state index in [0.29, 0.717) is 6.42 Å². The SMILES string of the molecule is O=C(O)CCC=Cc1ccc2ccccc2c1. The smallest absolute Gasteiger partial charge is 0.303 e. The first-order valence-electron chi connectivity index (χ1n) is 5.63. The van der Waals surface area contributed by atoms with Crippen LogP contribution in [0.15, 0.2) is 48.5 Å². The van der Waals surface area contributed by atoms with Gasteiger partial charge in [-0.1, -0.05) is 48.6 Å². The lowest BCUT2D eigenvalue weighted by Crippen LogP contribution is -1.91. The molecular formula is C15H14O2. The lowest BCUT2D eigenvalue weighted by atomic mass is 10.1. The van der Waals surface area contributed by atoms with Gasteiger partial charge in [-0.2, -0.15) is 0 Å². The molecular weight excluding hydrogens is 212 g/mol. The predicted molar refractivity (Wildman–Crippen MR) is 69.9 cm³/mol. The van der Waals surface area contributed by atoms with Gasteiger partial charge < -0.3 is 5.11 Å². The average molecular weight is 226 g/mol. The fourth-order valence-corrected chi connectivity index (χ4v) is 1.74. The Hall–Kier alpha value is -2.09. The van der Waals surface area contributed by atoms with Crippen molar-refractivity contribution in [1.82, 2.24) is 0 Å². The number of allylic oxidation sites excluding steroid dienone is 1. The number of carboxylic acids is 1. The summed E-state index contributed by atoms with van der Waals surface area (Å²) in [5, 5.41) is 10.9. The lowest BCUT2D eigenvalue weighted by Gasteiger charge is -1.98. The molecule has 1 N–H and O–H groups in total. The molecule has 2 heteroatoms. The molecule has 0 unspecified atom stereocenters. The van der Waals surface area contributed by atoms with Crippen LogP contribution in [-0.2, 0) is 4.79 Å². The van der Waals surface area contributed by atoms with Gasteiger partial charge >= 0.3 is 5.97 Å². The minimum Gasteiger partial charge on any atom is -0.481 e. The maximum absolute atomic E-state index is 10.4. The number of hydrogen-bond donors (Lipinski definition) is 1. The Morgan fingerprint density at radius 2 is 1.88 bits per heavy atom. The summed E-state index contributed by atoms with van der Waals surface area (Å²) in [6.45, 7) is 0. The fourth-order valence-electron chi connectivity index (χ4n) is 1.74. The number of carbonyl (C=O) groups is 1. The zero-order chi connectivity index (χ0) is 12.1. The maximum Gasteiger partial charge on any atom is 0.303 e. The Bertz CT molecular complexity index is 556. The first-order chi connectivity index (χ1) is 8.25. The van der Waals surface area contributed by atoms with E-state index in [4.69, 9.17) is 5.11 Å². The van der Waals surface area contributed by atoms with Crippen LogP contribution in [0.2, 0.25) is 0 Å². The van der Waals surface area contributed by atoms with Gasteiger partial charge in [0, 0.05) is 6.42 Å². The first kappa shape index (κ1) is 11.4. The molecule has 86 valence electrons. The molecule has 0 aromatic heterocycles. The Morgan fingerprint density at radius 1 is 1.12 bits per heavy atom. The van der Waals surface area contributed by atoms with E-state index in [1.165, 1.54) is 10.8 Å². The number of carboxylic acid groups (broad SMARTS) is 1. The van der Waals surface area contributed by atoms with Crippen molar-refractivity contribution in [2.24, 2.45) is 0 Å². The molecule has 0 saturated heterocycles. The normalized spacial score (nSPS) is 11.1. The van der Waals surface area contributed by atoms with Crippen LogP contribution < -0.4 is 0 Å². The van der Waals surface area contributed by atoms with Gasteiger partial charge in [-0.3, -0.25) is 4.79 Å². The zero-order valence-electron chi connectivity index (χ0n) is 9.47. The highest BCUT2D eigenvalue weighted by Gasteiger charge is 1.94. The molecule has 2 rings (SSSR count). The molecule has 0 aliphatic heterocycles. The molecule has 0 saturated carbocycles. The van der Waals surface area contributed by atoms with Crippen molar-refractivity contribution >= 4 is 22.8 Å². The largest absolute Gasteiger partial charge is 0.481 e. The highest BCUT2D eigenvalue weighted by Crippen LogP contribution is 2.16. The topological polar surface area (TPSA) is 37.3 Å². The molecule has 0 heterocycles. The summed E-state index contributed by atoms with van der Waals surface area (Å²) in [4.78, 5) is 10.4. The molecule has 0 fully saturated rings. The summed E-state index contributed by atoms with van der Waals surface area (Å²) in [6.07, 6.45) is 4.62. The highest BCUT2D eigenvalue weighted by molar-refractivity contribution is 5.84. The number of benzene rings is 2. The van der Waals surface area contributed by atoms with Gasteiger partial charge in [0.05, 0.1) is 0 Å². The summed E-state index contributed by atoms with van der Waals surface area (Å²) >= 11 is 0. The molecule has 0 radical (unpaired) electrons. The van der Waals surface area contributed by atoms with E-state index in [-0.39, 0.29) is 6.42 Å². The monoisotopic (exact) mass is 226 g/mol. The average Bonchev–Trinajstić information content (AvgIpc) is 2.34. The molecule has 2 nitrogen and oxygen atoms in total. The number of rotatable bonds is 4. The second kappa shape index (κ2) is 5.30. The highest BCUT2D eigenvalue weighted by atomic mass is 16.4. The number of fused-ring (bicyclic) bond motifs is 1. The summed E-state index contributed by atoms with van der Waals surface area (Å²) < 4.78 is 0. The molecule has 17 heavy (non-hydrogen) atoms. The number of hydrogen-bond acceptors (Lipinski definition) is 1. The van der Waals surface area contributed by atoms with Crippen molar-refractivity contribution in [1.29, 1.82) is 0 Å². The van der Waals surface area contributed by atoms with Gasteiger partial charge in [-0.25, -0.2) is 0 Å². The van der Waals surface area contributed by atoms with Crippen LogP contribution in [0.4, 0.5) is 0 Å².